The van der Waals surface area contributed by atoms with E-state index in [1.165, 1.54) is 36.9 Å². The predicted octanol–water partition coefficient (Wildman–Crippen LogP) is 3.21. The van der Waals surface area contributed by atoms with E-state index in [4.69, 9.17) is 0 Å². The average Bonchev–Trinajstić information content (AvgIpc) is 2.78. The zero-order chi connectivity index (χ0) is 8.73. The van der Waals surface area contributed by atoms with E-state index in [1.54, 1.807) is 0 Å². The van der Waals surface area contributed by atoms with Gasteiger partial charge >= 0.3 is 0 Å². The van der Waals surface area contributed by atoms with Crippen molar-refractivity contribution in [2.24, 2.45) is 4.99 Å². The lowest BCUT2D eigenvalue weighted by atomic mass is 9.81. The third kappa shape index (κ3) is 0.902. The molecule has 1 aliphatic carbocycles. The number of rotatable bonds is 0. The van der Waals surface area contributed by atoms with Crippen LogP contribution < -0.4 is 0 Å². The molecule has 0 bridgehead atoms. The fraction of sp³-hybridized carbons (Fsp3) is 0.417. The molecule has 1 nitrogen and oxygen atoms in total. The highest BCUT2D eigenvalue weighted by molar-refractivity contribution is 5.85. The van der Waals surface area contributed by atoms with E-state index >= 15 is 0 Å². The molecule has 0 radical (unpaired) electrons. The van der Waals surface area contributed by atoms with Crippen molar-refractivity contribution >= 4 is 11.9 Å². The Hall–Kier alpha value is -1.11. The number of aliphatic imine (C=N–C) groups is 1. The van der Waals surface area contributed by atoms with Gasteiger partial charge in [-0.1, -0.05) is 31.0 Å². The Bertz CT molecular complexity index is 359. The third-order valence-corrected chi connectivity index (χ3v) is 3.39. The molecule has 1 aliphatic heterocycles. The summed E-state index contributed by atoms with van der Waals surface area (Å²) in [5.41, 5.74) is 2.99. The monoisotopic (exact) mass is 171 g/mol. The molecule has 1 aromatic carbocycles. The highest BCUT2D eigenvalue weighted by Crippen LogP contribution is 2.46. The minimum atomic E-state index is 0.330. The fourth-order valence-corrected chi connectivity index (χ4v) is 2.67. The van der Waals surface area contributed by atoms with Crippen LogP contribution in [0.1, 0.15) is 31.2 Å². The van der Waals surface area contributed by atoms with Gasteiger partial charge in [-0.15, -0.1) is 0 Å². The maximum absolute atomic E-state index is 4.51. The standard InChI is InChI=1S/C12H13N/c1-2-6-11-10(5-1)12(9-13-11)7-3-4-8-12/h1-2,5-6,9H,3-4,7-8H2. The largest absolute Gasteiger partial charge is 0.260 e. The Morgan fingerprint density at radius 3 is 2.69 bits per heavy atom. The summed E-state index contributed by atoms with van der Waals surface area (Å²) in [6, 6.07) is 8.57. The molecule has 1 heteroatoms. The van der Waals surface area contributed by atoms with Crippen LogP contribution in [0.5, 0.6) is 0 Å². The summed E-state index contributed by atoms with van der Waals surface area (Å²) in [5.74, 6) is 0. The third-order valence-electron chi connectivity index (χ3n) is 3.39. The topological polar surface area (TPSA) is 12.4 Å². The van der Waals surface area contributed by atoms with Gasteiger partial charge in [0.15, 0.2) is 0 Å². The van der Waals surface area contributed by atoms with E-state index in [0.717, 1.165) is 0 Å². The molecule has 66 valence electrons. The Morgan fingerprint density at radius 2 is 1.85 bits per heavy atom. The van der Waals surface area contributed by atoms with Gasteiger partial charge in [-0.2, -0.15) is 0 Å². The molecule has 1 aromatic rings. The van der Waals surface area contributed by atoms with Crippen molar-refractivity contribution in [2.75, 3.05) is 0 Å². The van der Waals surface area contributed by atoms with Gasteiger partial charge in [0.25, 0.3) is 0 Å². The van der Waals surface area contributed by atoms with Gasteiger partial charge in [0, 0.05) is 11.6 Å². The lowest BCUT2D eigenvalue weighted by Gasteiger charge is -2.20. The number of hydrogen-bond acceptors (Lipinski definition) is 1. The summed E-state index contributed by atoms with van der Waals surface area (Å²) in [5, 5.41) is 0. The van der Waals surface area contributed by atoms with Crippen LogP contribution in [0.25, 0.3) is 0 Å². The lowest BCUT2D eigenvalue weighted by Crippen LogP contribution is -2.20. The van der Waals surface area contributed by atoms with E-state index < -0.39 is 0 Å². The molecule has 1 spiro atoms. The van der Waals surface area contributed by atoms with Crippen LogP contribution in [0.4, 0.5) is 5.69 Å². The van der Waals surface area contributed by atoms with Crippen LogP contribution >= 0.6 is 0 Å². The van der Waals surface area contributed by atoms with E-state index in [1.807, 2.05) is 0 Å². The molecule has 0 aromatic heterocycles. The second-order valence-corrected chi connectivity index (χ2v) is 4.14. The van der Waals surface area contributed by atoms with Gasteiger partial charge in [0.2, 0.25) is 0 Å². The van der Waals surface area contributed by atoms with Gasteiger partial charge in [0.05, 0.1) is 5.69 Å². The van der Waals surface area contributed by atoms with Crippen LogP contribution in [-0.4, -0.2) is 6.21 Å². The molecule has 1 fully saturated rings. The highest BCUT2D eigenvalue weighted by Gasteiger charge is 2.38. The van der Waals surface area contributed by atoms with Gasteiger partial charge in [-0.3, -0.25) is 4.99 Å². The van der Waals surface area contributed by atoms with Crippen molar-refractivity contribution in [3.8, 4) is 0 Å². The van der Waals surface area contributed by atoms with Crippen LogP contribution in [0.15, 0.2) is 29.3 Å². The Kier molecular flexibility index (Phi) is 1.37. The van der Waals surface area contributed by atoms with Crippen LogP contribution in [-0.2, 0) is 5.41 Å². The molecule has 0 amide bonds. The molecule has 0 N–H and O–H groups in total. The first kappa shape index (κ1) is 7.31. The van der Waals surface area contributed by atoms with Crippen molar-refractivity contribution in [2.45, 2.75) is 31.1 Å². The minimum absolute atomic E-state index is 0.330. The van der Waals surface area contributed by atoms with Crippen molar-refractivity contribution in [3.63, 3.8) is 0 Å². The minimum Gasteiger partial charge on any atom is -0.260 e. The predicted molar refractivity (Wildman–Crippen MR) is 54.7 cm³/mol. The number of hydrogen-bond donors (Lipinski definition) is 0. The molecule has 13 heavy (non-hydrogen) atoms. The quantitative estimate of drug-likeness (QED) is 0.568. The van der Waals surface area contributed by atoms with E-state index in [0.29, 0.717) is 5.41 Å². The van der Waals surface area contributed by atoms with Gasteiger partial charge < -0.3 is 0 Å². The second-order valence-electron chi connectivity index (χ2n) is 4.14. The number of fused-ring (bicyclic) bond motifs is 2. The maximum atomic E-state index is 4.51. The SMILES string of the molecule is C1=Nc2ccccc2C12CCCC2. The summed E-state index contributed by atoms with van der Waals surface area (Å²) in [7, 11) is 0. The Labute approximate surface area is 78.5 Å². The number of para-hydroxylation sites is 1. The smallest absolute Gasteiger partial charge is 0.0667 e. The Balaban J connectivity index is 2.16. The van der Waals surface area contributed by atoms with E-state index in [9.17, 15) is 0 Å². The summed E-state index contributed by atoms with van der Waals surface area (Å²) in [6.07, 6.45) is 7.51. The summed E-state index contributed by atoms with van der Waals surface area (Å²) >= 11 is 0. The van der Waals surface area contributed by atoms with Gasteiger partial charge in [0.1, 0.15) is 0 Å². The molecule has 2 aliphatic rings. The van der Waals surface area contributed by atoms with Gasteiger partial charge in [-0.25, -0.2) is 0 Å². The average molecular weight is 171 g/mol. The maximum Gasteiger partial charge on any atom is 0.0667 e. The first-order chi connectivity index (χ1) is 6.41. The van der Waals surface area contributed by atoms with Crippen molar-refractivity contribution in [3.05, 3.63) is 29.8 Å². The first-order valence-corrected chi connectivity index (χ1v) is 5.05. The fourth-order valence-electron chi connectivity index (χ4n) is 2.67. The zero-order valence-corrected chi connectivity index (χ0v) is 7.66. The number of benzene rings is 1. The number of nitrogens with zero attached hydrogens (tertiary/aromatic N) is 1. The van der Waals surface area contributed by atoms with Crippen LogP contribution in [0.3, 0.4) is 0 Å². The molecule has 1 saturated carbocycles. The van der Waals surface area contributed by atoms with Crippen molar-refractivity contribution < 1.29 is 0 Å². The molecule has 0 atom stereocenters. The first-order valence-electron chi connectivity index (χ1n) is 5.05. The van der Waals surface area contributed by atoms with Crippen molar-refractivity contribution in [1.82, 2.24) is 0 Å². The Morgan fingerprint density at radius 1 is 1.08 bits per heavy atom. The van der Waals surface area contributed by atoms with E-state index in [-0.39, 0.29) is 0 Å². The summed E-state index contributed by atoms with van der Waals surface area (Å²) in [6.45, 7) is 0. The molecular weight excluding hydrogens is 158 g/mol. The van der Waals surface area contributed by atoms with E-state index in [2.05, 4.69) is 35.5 Å². The molecular formula is C12H13N. The molecule has 0 saturated heterocycles. The lowest BCUT2D eigenvalue weighted by molar-refractivity contribution is 0.625. The van der Waals surface area contributed by atoms with Crippen LogP contribution in [0.2, 0.25) is 0 Å². The molecule has 0 unspecified atom stereocenters. The summed E-state index contributed by atoms with van der Waals surface area (Å²) in [4.78, 5) is 4.51. The highest BCUT2D eigenvalue weighted by atomic mass is 14.8. The van der Waals surface area contributed by atoms with Gasteiger partial charge in [-0.05, 0) is 24.5 Å². The molecule has 1 heterocycles. The van der Waals surface area contributed by atoms with Crippen LogP contribution in [0, 0.1) is 0 Å². The molecule has 3 rings (SSSR count). The summed E-state index contributed by atoms with van der Waals surface area (Å²) < 4.78 is 0. The zero-order valence-electron chi connectivity index (χ0n) is 7.66. The normalized spacial score (nSPS) is 22.5. The van der Waals surface area contributed by atoms with Crippen molar-refractivity contribution in [1.29, 1.82) is 0 Å². The second kappa shape index (κ2) is 2.44.